The number of aryl methyl sites for hydroxylation is 1. The lowest BCUT2D eigenvalue weighted by atomic mass is 10.1. The standard InChI is InChI=1S/C14H13ClN2O/c1-10-9-16-8-7-12(10)17-14(18)13(15)11-5-3-2-4-6-11/h2-9,13H,1H3,(H,16,17,18). The number of aromatic nitrogens is 1. The Morgan fingerprint density at radius 2 is 2.00 bits per heavy atom. The van der Waals surface area contributed by atoms with Gasteiger partial charge in [0, 0.05) is 18.1 Å². The highest BCUT2D eigenvalue weighted by Crippen LogP contribution is 2.22. The van der Waals surface area contributed by atoms with Gasteiger partial charge in [0.15, 0.2) is 0 Å². The third-order valence-electron chi connectivity index (χ3n) is 2.60. The molecular formula is C14H13ClN2O. The van der Waals surface area contributed by atoms with E-state index >= 15 is 0 Å². The van der Waals surface area contributed by atoms with Crippen LogP contribution in [0.5, 0.6) is 0 Å². The highest BCUT2D eigenvalue weighted by molar-refractivity contribution is 6.32. The predicted molar refractivity (Wildman–Crippen MR) is 72.6 cm³/mol. The number of pyridine rings is 1. The summed E-state index contributed by atoms with van der Waals surface area (Å²) in [5.41, 5.74) is 2.42. The minimum absolute atomic E-state index is 0.239. The Morgan fingerprint density at radius 3 is 2.67 bits per heavy atom. The Bertz CT molecular complexity index is 543. The number of carbonyl (C=O) groups excluding carboxylic acids is 1. The summed E-state index contributed by atoms with van der Waals surface area (Å²) in [5.74, 6) is -0.239. The lowest BCUT2D eigenvalue weighted by Gasteiger charge is -2.12. The van der Waals surface area contributed by atoms with Crippen LogP contribution in [0.3, 0.4) is 0 Å². The van der Waals surface area contributed by atoms with E-state index in [-0.39, 0.29) is 5.91 Å². The van der Waals surface area contributed by atoms with Gasteiger partial charge in [0.2, 0.25) is 5.91 Å². The molecule has 2 aromatic rings. The van der Waals surface area contributed by atoms with Gasteiger partial charge in [0.05, 0.1) is 0 Å². The first-order valence-corrected chi connectivity index (χ1v) is 6.02. The molecule has 0 saturated heterocycles. The molecular weight excluding hydrogens is 248 g/mol. The van der Waals surface area contributed by atoms with Crippen LogP contribution in [0.4, 0.5) is 5.69 Å². The van der Waals surface area contributed by atoms with Gasteiger partial charge in [-0.15, -0.1) is 11.6 Å². The van der Waals surface area contributed by atoms with Crippen LogP contribution in [0.15, 0.2) is 48.8 Å². The van der Waals surface area contributed by atoms with Crippen molar-refractivity contribution in [3.05, 3.63) is 59.9 Å². The molecule has 0 fully saturated rings. The van der Waals surface area contributed by atoms with Crippen LogP contribution in [0, 0.1) is 6.92 Å². The van der Waals surface area contributed by atoms with Crippen molar-refractivity contribution in [1.82, 2.24) is 4.98 Å². The fraction of sp³-hybridized carbons (Fsp3) is 0.143. The van der Waals surface area contributed by atoms with Crippen molar-refractivity contribution in [1.29, 1.82) is 0 Å². The summed E-state index contributed by atoms with van der Waals surface area (Å²) in [6.45, 7) is 1.88. The Labute approximate surface area is 111 Å². The monoisotopic (exact) mass is 260 g/mol. The maximum Gasteiger partial charge on any atom is 0.246 e. The lowest BCUT2D eigenvalue weighted by Crippen LogP contribution is -2.17. The molecule has 4 heteroatoms. The van der Waals surface area contributed by atoms with Crippen molar-refractivity contribution in [2.24, 2.45) is 0 Å². The normalized spacial score (nSPS) is 11.9. The molecule has 0 spiro atoms. The fourth-order valence-corrected chi connectivity index (χ4v) is 1.78. The highest BCUT2D eigenvalue weighted by atomic mass is 35.5. The number of amides is 1. The van der Waals surface area contributed by atoms with Gasteiger partial charge >= 0.3 is 0 Å². The summed E-state index contributed by atoms with van der Waals surface area (Å²) in [7, 11) is 0. The number of nitrogens with one attached hydrogen (secondary N) is 1. The van der Waals surface area contributed by atoms with Gasteiger partial charge in [-0.2, -0.15) is 0 Å². The van der Waals surface area contributed by atoms with E-state index in [1.54, 1.807) is 18.5 Å². The first-order chi connectivity index (χ1) is 8.68. The van der Waals surface area contributed by atoms with Crippen LogP contribution in [0.25, 0.3) is 0 Å². The van der Waals surface area contributed by atoms with Crippen LogP contribution in [-0.2, 0) is 4.79 Å². The molecule has 1 amide bonds. The van der Waals surface area contributed by atoms with Gasteiger partial charge < -0.3 is 5.32 Å². The molecule has 0 bridgehead atoms. The van der Waals surface area contributed by atoms with Crippen LogP contribution in [0.1, 0.15) is 16.5 Å². The van der Waals surface area contributed by atoms with Crippen LogP contribution >= 0.6 is 11.6 Å². The SMILES string of the molecule is Cc1cnccc1NC(=O)C(Cl)c1ccccc1. The Morgan fingerprint density at radius 1 is 1.28 bits per heavy atom. The highest BCUT2D eigenvalue weighted by Gasteiger charge is 2.17. The number of anilines is 1. The number of rotatable bonds is 3. The summed E-state index contributed by atoms with van der Waals surface area (Å²) >= 11 is 6.13. The van der Waals surface area contributed by atoms with Crippen LogP contribution < -0.4 is 5.32 Å². The second-order valence-electron chi connectivity index (χ2n) is 3.95. The van der Waals surface area contributed by atoms with Crippen LogP contribution in [-0.4, -0.2) is 10.9 Å². The first-order valence-electron chi connectivity index (χ1n) is 5.59. The van der Waals surface area contributed by atoms with Gasteiger partial charge in [0.1, 0.15) is 5.38 Å². The second kappa shape index (κ2) is 5.65. The molecule has 0 aliphatic heterocycles. The van der Waals surface area contributed by atoms with E-state index < -0.39 is 5.38 Å². The topological polar surface area (TPSA) is 42.0 Å². The number of alkyl halides is 1. The summed E-state index contributed by atoms with van der Waals surface area (Å²) in [6.07, 6.45) is 3.33. The van der Waals surface area contributed by atoms with Gasteiger partial charge in [-0.05, 0) is 24.1 Å². The summed E-state index contributed by atoms with van der Waals surface area (Å²) < 4.78 is 0. The van der Waals surface area contributed by atoms with E-state index in [0.717, 1.165) is 16.8 Å². The molecule has 0 aliphatic rings. The molecule has 0 aliphatic carbocycles. The van der Waals surface area contributed by atoms with Crippen molar-refractivity contribution in [3.63, 3.8) is 0 Å². The molecule has 1 aromatic heterocycles. The number of hydrogen-bond acceptors (Lipinski definition) is 2. The molecule has 3 nitrogen and oxygen atoms in total. The average Bonchev–Trinajstić information content (AvgIpc) is 2.41. The van der Waals surface area contributed by atoms with Crippen molar-refractivity contribution in [3.8, 4) is 0 Å². The zero-order valence-electron chi connectivity index (χ0n) is 9.93. The number of nitrogens with zero attached hydrogens (tertiary/aromatic N) is 1. The zero-order valence-corrected chi connectivity index (χ0v) is 10.7. The van der Waals surface area contributed by atoms with Crippen LogP contribution in [0.2, 0.25) is 0 Å². The molecule has 0 radical (unpaired) electrons. The second-order valence-corrected chi connectivity index (χ2v) is 4.39. The number of carbonyl (C=O) groups is 1. The summed E-state index contributed by atoms with van der Waals surface area (Å²) in [5, 5.41) is 2.10. The minimum atomic E-state index is -0.696. The van der Waals surface area contributed by atoms with Gasteiger partial charge in [-0.25, -0.2) is 0 Å². The predicted octanol–water partition coefficient (Wildman–Crippen LogP) is 3.31. The number of benzene rings is 1. The van der Waals surface area contributed by atoms with E-state index in [2.05, 4.69) is 10.3 Å². The minimum Gasteiger partial charge on any atom is -0.324 e. The molecule has 1 aromatic carbocycles. The Kier molecular flexibility index (Phi) is 3.95. The third-order valence-corrected chi connectivity index (χ3v) is 3.05. The molecule has 1 heterocycles. The zero-order chi connectivity index (χ0) is 13.0. The Balaban J connectivity index is 2.12. The van der Waals surface area contributed by atoms with E-state index in [1.165, 1.54) is 0 Å². The molecule has 1 atom stereocenters. The van der Waals surface area contributed by atoms with Crippen molar-refractivity contribution in [2.75, 3.05) is 5.32 Å². The van der Waals surface area contributed by atoms with Crippen molar-refractivity contribution < 1.29 is 4.79 Å². The molecule has 92 valence electrons. The lowest BCUT2D eigenvalue weighted by molar-refractivity contribution is -0.116. The smallest absolute Gasteiger partial charge is 0.246 e. The number of hydrogen-bond donors (Lipinski definition) is 1. The molecule has 0 saturated carbocycles. The van der Waals surface area contributed by atoms with E-state index in [1.807, 2.05) is 37.3 Å². The van der Waals surface area contributed by atoms with Crippen molar-refractivity contribution >= 4 is 23.2 Å². The van der Waals surface area contributed by atoms with Gasteiger partial charge in [0.25, 0.3) is 0 Å². The molecule has 18 heavy (non-hydrogen) atoms. The molecule has 1 N–H and O–H groups in total. The van der Waals surface area contributed by atoms with Crippen molar-refractivity contribution in [2.45, 2.75) is 12.3 Å². The first kappa shape index (κ1) is 12.6. The Hall–Kier alpha value is -1.87. The maximum absolute atomic E-state index is 12.0. The summed E-state index contributed by atoms with van der Waals surface area (Å²) in [6, 6.07) is 11.0. The maximum atomic E-state index is 12.0. The largest absolute Gasteiger partial charge is 0.324 e. The number of halogens is 1. The van der Waals surface area contributed by atoms with E-state index in [0.29, 0.717) is 0 Å². The quantitative estimate of drug-likeness (QED) is 0.861. The van der Waals surface area contributed by atoms with Gasteiger partial charge in [-0.3, -0.25) is 9.78 Å². The fourth-order valence-electron chi connectivity index (χ4n) is 1.58. The molecule has 2 rings (SSSR count). The summed E-state index contributed by atoms with van der Waals surface area (Å²) in [4.78, 5) is 16.0. The van der Waals surface area contributed by atoms with E-state index in [4.69, 9.17) is 11.6 Å². The van der Waals surface area contributed by atoms with Gasteiger partial charge in [-0.1, -0.05) is 30.3 Å². The van der Waals surface area contributed by atoms with E-state index in [9.17, 15) is 4.79 Å². The molecule has 1 unspecified atom stereocenters. The third kappa shape index (κ3) is 2.87. The average molecular weight is 261 g/mol.